The zero-order chi connectivity index (χ0) is 22.0. The predicted molar refractivity (Wildman–Crippen MR) is 120 cm³/mol. The summed E-state index contributed by atoms with van der Waals surface area (Å²) in [5.41, 5.74) is 4.58. The number of piperidine rings is 1. The Labute approximate surface area is 182 Å². The van der Waals surface area contributed by atoms with Gasteiger partial charge in [-0.25, -0.2) is 0 Å². The van der Waals surface area contributed by atoms with E-state index in [1.165, 1.54) is 5.56 Å². The van der Waals surface area contributed by atoms with Crippen LogP contribution in [0.3, 0.4) is 0 Å². The first kappa shape index (κ1) is 20.8. The highest BCUT2D eigenvalue weighted by Crippen LogP contribution is 2.30. The summed E-state index contributed by atoms with van der Waals surface area (Å²) < 4.78 is 0. The van der Waals surface area contributed by atoms with Crippen LogP contribution in [0.1, 0.15) is 71.4 Å². The quantitative estimate of drug-likeness (QED) is 0.666. The van der Waals surface area contributed by atoms with Gasteiger partial charge in [-0.15, -0.1) is 10.2 Å². The first-order valence-corrected chi connectivity index (χ1v) is 10.8. The third kappa shape index (κ3) is 4.36. The second-order valence-electron chi connectivity index (χ2n) is 8.54. The van der Waals surface area contributed by atoms with Crippen LogP contribution in [0.15, 0.2) is 42.5 Å². The first-order valence-electron chi connectivity index (χ1n) is 10.8. The van der Waals surface area contributed by atoms with E-state index < -0.39 is 0 Å². The lowest BCUT2D eigenvalue weighted by Crippen LogP contribution is -2.37. The van der Waals surface area contributed by atoms with Gasteiger partial charge in [-0.3, -0.25) is 4.79 Å². The van der Waals surface area contributed by atoms with Crippen molar-refractivity contribution in [2.75, 3.05) is 13.1 Å². The Bertz CT molecular complexity index is 1120. The van der Waals surface area contributed by atoms with Gasteiger partial charge in [0.1, 0.15) is 5.82 Å². The van der Waals surface area contributed by atoms with Gasteiger partial charge in [0.05, 0.1) is 11.6 Å². The second-order valence-corrected chi connectivity index (χ2v) is 8.54. The minimum absolute atomic E-state index is 0.0585. The van der Waals surface area contributed by atoms with E-state index in [4.69, 9.17) is 5.26 Å². The SMILES string of the molecule is Cc1ccc(C(=O)N2CCC(c3ccc(C#N)cc3)CC2)cc1-c1nnc(C(C)C)[nH]1. The third-order valence-electron chi connectivity index (χ3n) is 6.08. The number of aromatic nitrogens is 3. The number of aromatic amines is 1. The van der Waals surface area contributed by atoms with Gasteiger partial charge >= 0.3 is 0 Å². The van der Waals surface area contributed by atoms with Crippen molar-refractivity contribution >= 4 is 5.91 Å². The number of nitriles is 1. The molecule has 2 heterocycles. The molecule has 1 saturated heterocycles. The van der Waals surface area contributed by atoms with E-state index in [0.717, 1.165) is 42.9 Å². The van der Waals surface area contributed by atoms with Crippen molar-refractivity contribution in [1.29, 1.82) is 5.26 Å². The Kier molecular flexibility index (Phi) is 5.85. The van der Waals surface area contributed by atoms with Crippen LogP contribution in [0.2, 0.25) is 0 Å². The van der Waals surface area contributed by atoms with Gasteiger partial charge in [-0.05, 0) is 61.1 Å². The Balaban J connectivity index is 1.47. The number of rotatable bonds is 4. The van der Waals surface area contributed by atoms with Crippen molar-refractivity contribution in [1.82, 2.24) is 20.1 Å². The number of hydrogen-bond acceptors (Lipinski definition) is 4. The van der Waals surface area contributed by atoms with E-state index in [0.29, 0.717) is 22.9 Å². The van der Waals surface area contributed by atoms with E-state index in [2.05, 4.69) is 35.1 Å². The zero-order valence-electron chi connectivity index (χ0n) is 18.2. The molecule has 1 N–H and O–H groups in total. The van der Waals surface area contributed by atoms with Crippen LogP contribution in [0.4, 0.5) is 0 Å². The number of H-pyrrole nitrogens is 1. The molecule has 0 atom stereocenters. The molecule has 1 aromatic heterocycles. The van der Waals surface area contributed by atoms with E-state index in [1.54, 1.807) is 0 Å². The number of likely N-dealkylation sites (tertiary alicyclic amines) is 1. The average molecular weight is 414 g/mol. The molecule has 0 radical (unpaired) electrons. The van der Waals surface area contributed by atoms with Crippen LogP contribution in [0.25, 0.3) is 11.4 Å². The summed E-state index contributed by atoms with van der Waals surface area (Å²) in [6, 6.07) is 15.8. The standard InChI is InChI=1S/C25H27N5O/c1-16(2)23-27-24(29-28-23)22-14-21(7-4-17(22)3)25(31)30-12-10-20(11-13-30)19-8-5-18(15-26)6-9-19/h4-9,14,16,20H,10-13H2,1-3H3,(H,27,28,29). The maximum absolute atomic E-state index is 13.2. The molecular formula is C25H27N5O. The molecule has 1 amide bonds. The van der Waals surface area contributed by atoms with Crippen LogP contribution in [0.5, 0.6) is 0 Å². The topological polar surface area (TPSA) is 85.7 Å². The van der Waals surface area contributed by atoms with E-state index >= 15 is 0 Å². The fourth-order valence-electron chi connectivity index (χ4n) is 4.09. The van der Waals surface area contributed by atoms with Gasteiger partial charge < -0.3 is 9.88 Å². The zero-order valence-corrected chi connectivity index (χ0v) is 18.2. The smallest absolute Gasteiger partial charge is 0.253 e. The van der Waals surface area contributed by atoms with Gasteiger partial charge in [0.15, 0.2) is 5.82 Å². The summed E-state index contributed by atoms with van der Waals surface area (Å²) in [7, 11) is 0. The van der Waals surface area contributed by atoms with E-state index in [1.807, 2.05) is 54.3 Å². The highest BCUT2D eigenvalue weighted by atomic mass is 16.2. The van der Waals surface area contributed by atoms with E-state index in [-0.39, 0.29) is 11.8 Å². The molecule has 1 aliphatic heterocycles. The maximum Gasteiger partial charge on any atom is 0.253 e. The lowest BCUT2D eigenvalue weighted by atomic mass is 9.89. The molecule has 158 valence electrons. The monoisotopic (exact) mass is 413 g/mol. The normalized spacial score (nSPS) is 14.6. The molecule has 0 bridgehead atoms. The summed E-state index contributed by atoms with van der Waals surface area (Å²) in [6.45, 7) is 7.61. The predicted octanol–water partition coefficient (Wildman–Crippen LogP) is 4.80. The number of hydrogen-bond donors (Lipinski definition) is 1. The molecule has 6 nitrogen and oxygen atoms in total. The number of nitrogens with zero attached hydrogens (tertiary/aromatic N) is 4. The third-order valence-corrected chi connectivity index (χ3v) is 6.08. The minimum atomic E-state index is 0.0585. The summed E-state index contributed by atoms with van der Waals surface area (Å²) in [4.78, 5) is 18.4. The van der Waals surface area contributed by atoms with Gasteiger partial charge in [-0.2, -0.15) is 5.26 Å². The molecule has 2 aromatic carbocycles. The number of carbonyl (C=O) groups excluding carboxylic acids is 1. The summed E-state index contributed by atoms with van der Waals surface area (Å²) >= 11 is 0. The molecule has 0 unspecified atom stereocenters. The van der Waals surface area contributed by atoms with Gasteiger partial charge in [0.25, 0.3) is 5.91 Å². The highest BCUT2D eigenvalue weighted by Gasteiger charge is 2.25. The first-order chi connectivity index (χ1) is 15.0. The largest absolute Gasteiger partial charge is 0.339 e. The fourth-order valence-corrected chi connectivity index (χ4v) is 4.09. The Hall–Kier alpha value is -3.46. The molecule has 31 heavy (non-hydrogen) atoms. The molecule has 1 aliphatic rings. The Morgan fingerprint density at radius 2 is 1.84 bits per heavy atom. The maximum atomic E-state index is 13.2. The summed E-state index contributed by atoms with van der Waals surface area (Å²) in [6.07, 6.45) is 1.85. The van der Waals surface area contributed by atoms with Crippen molar-refractivity contribution in [2.24, 2.45) is 0 Å². The van der Waals surface area contributed by atoms with Crippen molar-refractivity contribution in [2.45, 2.75) is 45.4 Å². The van der Waals surface area contributed by atoms with Crippen LogP contribution in [0, 0.1) is 18.3 Å². The summed E-state index contributed by atoms with van der Waals surface area (Å²) in [5.74, 6) is 2.30. The van der Waals surface area contributed by atoms with Crippen molar-refractivity contribution in [3.63, 3.8) is 0 Å². The highest BCUT2D eigenvalue weighted by molar-refractivity contribution is 5.95. The van der Waals surface area contributed by atoms with Crippen LogP contribution >= 0.6 is 0 Å². The summed E-state index contributed by atoms with van der Waals surface area (Å²) in [5, 5.41) is 17.5. The average Bonchev–Trinajstić information content (AvgIpc) is 3.30. The lowest BCUT2D eigenvalue weighted by Gasteiger charge is -2.32. The van der Waals surface area contributed by atoms with E-state index in [9.17, 15) is 4.79 Å². The number of carbonyl (C=O) groups is 1. The Morgan fingerprint density at radius 3 is 2.45 bits per heavy atom. The van der Waals surface area contributed by atoms with Crippen molar-refractivity contribution in [3.05, 3.63) is 70.5 Å². The molecule has 0 saturated carbocycles. The number of aryl methyl sites for hydroxylation is 1. The molecular weight excluding hydrogens is 386 g/mol. The molecule has 0 aliphatic carbocycles. The number of nitrogens with one attached hydrogen (secondary N) is 1. The number of benzene rings is 2. The molecule has 0 spiro atoms. The Morgan fingerprint density at radius 1 is 1.13 bits per heavy atom. The fraction of sp³-hybridized carbons (Fsp3) is 0.360. The van der Waals surface area contributed by atoms with Gasteiger partial charge in [0, 0.05) is 30.1 Å². The number of amides is 1. The lowest BCUT2D eigenvalue weighted by molar-refractivity contribution is 0.0713. The van der Waals surface area contributed by atoms with Gasteiger partial charge in [-0.1, -0.05) is 32.0 Å². The van der Waals surface area contributed by atoms with Crippen molar-refractivity contribution in [3.8, 4) is 17.5 Å². The molecule has 1 fully saturated rings. The molecule has 3 aromatic rings. The second kappa shape index (κ2) is 8.73. The molecule has 6 heteroatoms. The van der Waals surface area contributed by atoms with Gasteiger partial charge in [0.2, 0.25) is 0 Å². The van der Waals surface area contributed by atoms with Crippen molar-refractivity contribution < 1.29 is 4.79 Å². The van der Waals surface area contributed by atoms with Crippen LogP contribution in [-0.4, -0.2) is 39.1 Å². The van der Waals surface area contributed by atoms with Crippen LogP contribution in [-0.2, 0) is 0 Å². The molecule has 4 rings (SSSR count). The van der Waals surface area contributed by atoms with Crippen LogP contribution < -0.4 is 0 Å². The minimum Gasteiger partial charge on any atom is -0.339 e.